The zero-order chi connectivity index (χ0) is 30.6. The van der Waals surface area contributed by atoms with E-state index in [1.54, 1.807) is 0 Å². The van der Waals surface area contributed by atoms with E-state index in [9.17, 15) is 19.7 Å². The molecule has 4 rings (SSSR count). The van der Waals surface area contributed by atoms with E-state index in [4.69, 9.17) is 28.4 Å². The SMILES string of the molecule is COC(=O)C(C(=O)OC)[C@@H]1O[C@H](COCc2ccccc2)[C@H](OCc2ccccc2)[C@H](OCc2ccccc2)[C@H]1[N+](=O)[O-]. The van der Waals surface area contributed by atoms with Crippen LogP contribution in [0.1, 0.15) is 16.7 Å². The van der Waals surface area contributed by atoms with Crippen molar-refractivity contribution < 1.29 is 42.9 Å². The molecule has 0 amide bonds. The average molecular weight is 594 g/mol. The molecule has 11 nitrogen and oxygen atoms in total. The van der Waals surface area contributed by atoms with E-state index in [0.717, 1.165) is 30.9 Å². The number of carbonyl (C=O) groups excluding carboxylic acids is 2. The van der Waals surface area contributed by atoms with Crippen molar-refractivity contribution in [3.05, 3.63) is 118 Å². The van der Waals surface area contributed by atoms with Crippen LogP contribution in [0.4, 0.5) is 0 Å². The van der Waals surface area contributed by atoms with Crippen molar-refractivity contribution in [3.8, 4) is 0 Å². The largest absolute Gasteiger partial charge is 0.468 e. The number of carbonyl (C=O) groups is 2. The Labute approximate surface area is 249 Å². The summed E-state index contributed by atoms with van der Waals surface area (Å²) >= 11 is 0. The van der Waals surface area contributed by atoms with Gasteiger partial charge >= 0.3 is 11.9 Å². The van der Waals surface area contributed by atoms with Crippen LogP contribution in [-0.4, -0.2) is 68.1 Å². The van der Waals surface area contributed by atoms with Gasteiger partial charge in [0.25, 0.3) is 6.04 Å². The number of rotatable bonds is 14. The summed E-state index contributed by atoms with van der Waals surface area (Å²) in [7, 11) is 2.16. The van der Waals surface area contributed by atoms with Crippen LogP contribution in [-0.2, 0) is 57.8 Å². The van der Waals surface area contributed by atoms with E-state index in [0.29, 0.717) is 0 Å². The van der Waals surface area contributed by atoms with Crippen LogP contribution < -0.4 is 0 Å². The molecule has 228 valence electrons. The van der Waals surface area contributed by atoms with Crippen molar-refractivity contribution in [3.63, 3.8) is 0 Å². The van der Waals surface area contributed by atoms with Crippen molar-refractivity contribution in [2.45, 2.75) is 50.3 Å². The van der Waals surface area contributed by atoms with Gasteiger partial charge in [0.05, 0.1) is 40.6 Å². The first kappa shape index (κ1) is 31.8. The predicted octanol–water partition coefficient (Wildman–Crippen LogP) is 3.75. The molecule has 1 fully saturated rings. The standard InChI is InChI=1S/C32H35NO10/c1-38-31(34)26(32(35)39-2)29-27(33(36)37)30(42-20-24-16-10-5-11-17-24)28(41-19-23-14-8-4-9-15-23)25(43-29)21-40-18-22-12-6-3-7-13-22/h3-17,25-30H,18-21H2,1-2H3/t25-,27+,28+,29+,30-/m1/s1. The van der Waals surface area contributed by atoms with E-state index < -0.39 is 53.2 Å². The Bertz CT molecular complexity index is 1290. The molecule has 1 aliphatic heterocycles. The van der Waals surface area contributed by atoms with Crippen LogP contribution in [0.5, 0.6) is 0 Å². The van der Waals surface area contributed by atoms with Crippen molar-refractivity contribution >= 4 is 11.9 Å². The van der Waals surface area contributed by atoms with Gasteiger partial charge in [0.2, 0.25) is 0 Å². The molecule has 11 heteroatoms. The molecular weight excluding hydrogens is 558 g/mol. The normalized spacial score (nSPS) is 21.7. The van der Waals surface area contributed by atoms with Gasteiger partial charge in [0.15, 0.2) is 18.1 Å². The Kier molecular flexibility index (Phi) is 11.7. The van der Waals surface area contributed by atoms with E-state index in [2.05, 4.69) is 0 Å². The predicted molar refractivity (Wildman–Crippen MR) is 153 cm³/mol. The number of benzene rings is 3. The average Bonchev–Trinajstić information content (AvgIpc) is 3.04. The van der Waals surface area contributed by atoms with Gasteiger partial charge in [-0.05, 0) is 16.7 Å². The first-order chi connectivity index (χ1) is 20.9. The third-order valence-corrected chi connectivity index (χ3v) is 7.14. The van der Waals surface area contributed by atoms with Gasteiger partial charge in [-0.1, -0.05) is 91.0 Å². The van der Waals surface area contributed by atoms with Crippen LogP contribution in [0.2, 0.25) is 0 Å². The first-order valence-electron chi connectivity index (χ1n) is 13.8. The lowest BCUT2D eigenvalue weighted by Crippen LogP contribution is -2.66. The second kappa shape index (κ2) is 15.9. The molecule has 0 radical (unpaired) electrons. The molecular formula is C32H35NO10. The summed E-state index contributed by atoms with van der Waals surface area (Å²) < 4.78 is 34.4. The molecule has 0 aliphatic carbocycles. The number of nitrogens with zero attached hydrogens (tertiary/aromatic N) is 1. The van der Waals surface area contributed by atoms with Crippen LogP contribution in [0.15, 0.2) is 91.0 Å². The summed E-state index contributed by atoms with van der Waals surface area (Å²) in [6.45, 7) is 0.256. The topological polar surface area (TPSA) is 133 Å². The first-order valence-corrected chi connectivity index (χ1v) is 13.8. The lowest BCUT2D eigenvalue weighted by atomic mass is 9.85. The van der Waals surface area contributed by atoms with Crippen LogP contribution in [0, 0.1) is 16.0 Å². The van der Waals surface area contributed by atoms with E-state index in [1.807, 2.05) is 91.0 Å². The van der Waals surface area contributed by atoms with Gasteiger partial charge in [0.1, 0.15) is 12.2 Å². The lowest BCUT2D eigenvalue weighted by Gasteiger charge is -2.43. The number of nitro groups is 1. The monoisotopic (exact) mass is 593 g/mol. The summed E-state index contributed by atoms with van der Waals surface area (Å²) in [6.07, 6.45) is -4.83. The maximum Gasteiger partial charge on any atom is 0.323 e. The van der Waals surface area contributed by atoms with Gasteiger partial charge in [0, 0.05) is 4.92 Å². The fraction of sp³-hybridized carbons (Fsp3) is 0.375. The summed E-state index contributed by atoms with van der Waals surface area (Å²) in [5.74, 6) is -3.81. The second-order valence-electron chi connectivity index (χ2n) is 9.96. The van der Waals surface area contributed by atoms with Gasteiger partial charge in [-0.15, -0.1) is 0 Å². The molecule has 3 aromatic carbocycles. The maximum absolute atomic E-state index is 12.8. The minimum absolute atomic E-state index is 0.00642. The summed E-state index contributed by atoms with van der Waals surface area (Å²) in [5, 5.41) is 12.7. The molecule has 1 saturated heterocycles. The highest BCUT2D eigenvalue weighted by Crippen LogP contribution is 2.34. The minimum atomic E-state index is -1.75. The molecule has 1 aliphatic rings. The molecule has 0 bridgehead atoms. The lowest BCUT2D eigenvalue weighted by molar-refractivity contribution is -0.563. The number of methoxy groups -OCH3 is 2. The quantitative estimate of drug-likeness (QED) is 0.118. The Hall–Kier alpha value is -4.16. The highest BCUT2D eigenvalue weighted by molar-refractivity contribution is 5.95. The zero-order valence-electron chi connectivity index (χ0n) is 24.0. The smallest absolute Gasteiger partial charge is 0.323 e. The highest BCUT2D eigenvalue weighted by Gasteiger charge is 2.59. The molecule has 0 unspecified atom stereocenters. The Morgan fingerprint density at radius 1 is 0.744 bits per heavy atom. The minimum Gasteiger partial charge on any atom is -0.468 e. The number of hydrogen-bond donors (Lipinski definition) is 0. The van der Waals surface area contributed by atoms with Crippen molar-refractivity contribution in [2.24, 2.45) is 5.92 Å². The Morgan fingerprint density at radius 3 is 1.63 bits per heavy atom. The van der Waals surface area contributed by atoms with Crippen LogP contribution in [0.25, 0.3) is 0 Å². The van der Waals surface area contributed by atoms with Gasteiger partial charge < -0.3 is 28.4 Å². The number of hydrogen-bond acceptors (Lipinski definition) is 10. The highest BCUT2D eigenvalue weighted by atomic mass is 16.7. The number of ether oxygens (including phenoxy) is 6. The molecule has 3 aromatic rings. The fourth-order valence-corrected chi connectivity index (χ4v) is 5.02. The Morgan fingerprint density at radius 2 is 1.19 bits per heavy atom. The van der Waals surface area contributed by atoms with E-state index >= 15 is 0 Å². The van der Waals surface area contributed by atoms with Gasteiger partial charge in [-0.3, -0.25) is 19.7 Å². The third-order valence-electron chi connectivity index (χ3n) is 7.14. The fourth-order valence-electron chi connectivity index (χ4n) is 5.02. The van der Waals surface area contributed by atoms with Crippen molar-refractivity contribution in [2.75, 3.05) is 20.8 Å². The van der Waals surface area contributed by atoms with E-state index in [-0.39, 0.29) is 26.4 Å². The van der Waals surface area contributed by atoms with Crippen molar-refractivity contribution in [1.82, 2.24) is 0 Å². The van der Waals surface area contributed by atoms with Crippen LogP contribution >= 0.6 is 0 Å². The van der Waals surface area contributed by atoms with Gasteiger partial charge in [-0.25, -0.2) is 0 Å². The molecule has 0 aromatic heterocycles. The summed E-state index contributed by atoms with van der Waals surface area (Å²) in [6, 6.07) is 26.2. The zero-order valence-corrected chi connectivity index (χ0v) is 24.0. The molecule has 43 heavy (non-hydrogen) atoms. The Balaban J connectivity index is 1.71. The van der Waals surface area contributed by atoms with Crippen LogP contribution in [0.3, 0.4) is 0 Å². The maximum atomic E-state index is 12.8. The van der Waals surface area contributed by atoms with Crippen molar-refractivity contribution in [1.29, 1.82) is 0 Å². The molecule has 1 heterocycles. The summed E-state index contributed by atoms with van der Waals surface area (Å²) in [4.78, 5) is 37.8. The number of esters is 2. The molecule has 5 atom stereocenters. The van der Waals surface area contributed by atoms with E-state index in [1.165, 1.54) is 0 Å². The summed E-state index contributed by atoms with van der Waals surface area (Å²) in [5.41, 5.74) is 2.50. The van der Waals surface area contributed by atoms with Gasteiger partial charge in [-0.2, -0.15) is 0 Å². The molecule has 0 spiro atoms. The second-order valence-corrected chi connectivity index (χ2v) is 9.96. The third kappa shape index (κ3) is 8.45. The molecule has 0 saturated carbocycles. The molecule has 0 N–H and O–H groups in total.